The van der Waals surface area contributed by atoms with E-state index < -0.39 is 0 Å². The maximum atomic E-state index is 11.7. The van der Waals surface area contributed by atoms with Crippen LogP contribution in [-0.4, -0.2) is 59.0 Å². The highest BCUT2D eigenvalue weighted by Crippen LogP contribution is 2.20. The molecule has 6 heteroatoms. The van der Waals surface area contributed by atoms with E-state index in [0.29, 0.717) is 11.6 Å². The number of nitrogens with zero attached hydrogens (tertiary/aromatic N) is 4. The molecule has 1 atom stereocenters. The molecule has 1 aliphatic rings. The van der Waals surface area contributed by atoms with Gasteiger partial charge in [0.25, 0.3) is 5.91 Å². The number of carbonyl (C=O) groups excluding carboxylic acids is 2. The summed E-state index contributed by atoms with van der Waals surface area (Å²) in [6, 6.07) is 3.58. The molecular formula is C15H22N4O2. The van der Waals surface area contributed by atoms with Crippen molar-refractivity contribution in [2.24, 2.45) is 5.92 Å². The van der Waals surface area contributed by atoms with Gasteiger partial charge in [-0.2, -0.15) is 5.10 Å². The third-order valence-electron chi connectivity index (χ3n) is 3.81. The summed E-state index contributed by atoms with van der Waals surface area (Å²) in [4.78, 5) is 26.6. The first-order valence-corrected chi connectivity index (χ1v) is 7.27. The molecule has 114 valence electrons. The summed E-state index contributed by atoms with van der Waals surface area (Å²) in [5, 5.41) is 8.14. The van der Waals surface area contributed by atoms with Crippen molar-refractivity contribution in [3.63, 3.8) is 0 Å². The van der Waals surface area contributed by atoms with Crippen LogP contribution in [0.25, 0.3) is 0 Å². The van der Waals surface area contributed by atoms with Gasteiger partial charge in [0.1, 0.15) is 0 Å². The molecule has 0 radical (unpaired) electrons. The lowest BCUT2D eigenvalue weighted by molar-refractivity contribution is -0.130. The Hall–Kier alpha value is -1.98. The van der Waals surface area contributed by atoms with Crippen molar-refractivity contribution in [3.8, 4) is 0 Å². The van der Waals surface area contributed by atoms with Gasteiger partial charge in [0.15, 0.2) is 5.69 Å². The third kappa shape index (κ3) is 4.00. The first kappa shape index (κ1) is 15.4. The van der Waals surface area contributed by atoms with Crippen LogP contribution >= 0.6 is 0 Å². The van der Waals surface area contributed by atoms with Gasteiger partial charge in [0.2, 0.25) is 5.91 Å². The smallest absolute Gasteiger partial charge is 0.273 e. The molecule has 21 heavy (non-hydrogen) atoms. The van der Waals surface area contributed by atoms with E-state index in [4.69, 9.17) is 0 Å². The molecule has 1 aromatic rings. The number of carbonyl (C=O) groups is 2. The second kappa shape index (κ2) is 6.65. The molecule has 6 nitrogen and oxygen atoms in total. The first-order valence-electron chi connectivity index (χ1n) is 7.27. The molecule has 2 amide bonds. The highest BCUT2D eigenvalue weighted by Gasteiger charge is 2.22. The van der Waals surface area contributed by atoms with E-state index in [-0.39, 0.29) is 11.8 Å². The molecule has 2 heterocycles. The zero-order valence-electron chi connectivity index (χ0n) is 12.9. The summed E-state index contributed by atoms with van der Waals surface area (Å²) in [5.41, 5.74) is 1.23. The third-order valence-corrected chi connectivity index (χ3v) is 3.81. The van der Waals surface area contributed by atoms with Crippen molar-refractivity contribution in [2.45, 2.75) is 26.2 Å². The number of hydrogen-bond donors (Lipinski definition) is 0. The first-order chi connectivity index (χ1) is 9.97. The Morgan fingerprint density at radius 2 is 2.10 bits per heavy atom. The molecular weight excluding hydrogens is 268 g/mol. The fourth-order valence-corrected chi connectivity index (χ4v) is 2.63. The fraction of sp³-hybridized carbons (Fsp3) is 0.600. The Balaban J connectivity index is 1.97. The Bertz CT molecular complexity index is 513. The zero-order valence-corrected chi connectivity index (χ0v) is 12.9. The lowest BCUT2D eigenvalue weighted by atomic mass is 9.93. The molecule has 0 aliphatic carbocycles. The minimum absolute atomic E-state index is 0.137. The van der Waals surface area contributed by atoms with Gasteiger partial charge in [-0.15, -0.1) is 5.10 Å². The number of piperidine rings is 1. The Morgan fingerprint density at radius 1 is 1.33 bits per heavy atom. The predicted molar refractivity (Wildman–Crippen MR) is 78.7 cm³/mol. The van der Waals surface area contributed by atoms with Crippen molar-refractivity contribution in [1.29, 1.82) is 0 Å². The van der Waals surface area contributed by atoms with Crippen LogP contribution < -0.4 is 0 Å². The van der Waals surface area contributed by atoms with Gasteiger partial charge in [0.05, 0.1) is 5.69 Å². The average Bonchev–Trinajstić information content (AvgIpc) is 2.47. The summed E-state index contributed by atoms with van der Waals surface area (Å²) in [6.07, 6.45) is 2.94. The Labute approximate surface area is 125 Å². The van der Waals surface area contributed by atoms with Gasteiger partial charge in [-0.1, -0.05) is 0 Å². The number of rotatable bonds is 3. The fourth-order valence-electron chi connectivity index (χ4n) is 2.63. The number of hydrogen-bond acceptors (Lipinski definition) is 4. The highest BCUT2D eigenvalue weighted by atomic mass is 16.2. The van der Waals surface area contributed by atoms with Gasteiger partial charge in [-0.25, -0.2) is 0 Å². The van der Waals surface area contributed by atoms with E-state index in [0.717, 1.165) is 38.0 Å². The summed E-state index contributed by atoms with van der Waals surface area (Å²) in [7, 11) is 3.38. The van der Waals surface area contributed by atoms with Gasteiger partial charge < -0.3 is 9.80 Å². The van der Waals surface area contributed by atoms with E-state index in [2.05, 4.69) is 10.2 Å². The predicted octanol–water partition coefficient (Wildman–Crippen LogP) is 0.979. The standard InChI is InChI=1S/C15H22N4O2/c1-11(20)19-8-4-5-12(10-19)9-13-6-7-14(17-16-13)15(21)18(2)3/h6-7,12H,4-5,8-10H2,1-3H3/t12-/m0/s1. The molecule has 0 saturated carbocycles. The number of aromatic nitrogens is 2. The van der Waals surface area contributed by atoms with Gasteiger partial charge >= 0.3 is 0 Å². The summed E-state index contributed by atoms with van der Waals surface area (Å²) in [6.45, 7) is 3.26. The van der Waals surface area contributed by atoms with Crippen LogP contribution in [0.4, 0.5) is 0 Å². The quantitative estimate of drug-likeness (QED) is 0.832. The van der Waals surface area contributed by atoms with Crippen molar-refractivity contribution in [3.05, 3.63) is 23.5 Å². The molecule has 1 saturated heterocycles. The van der Waals surface area contributed by atoms with Crippen molar-refractivity contribution in [2.75, 3.05) is 27.2 Å². The lowest BCUT2D eigenvalue weighted by Crippen LogP contribution is -2.39. The van der Waals surface area contributed by atoms with Crippen LogP contribution in [0.1, 0.15) is 35.9 Å². The van der Waals surface area contributed by atoms with E-state index >= 15 is 0 Å². The van der Waals surface area contributed by atoms with Crippen molar-refractivity contribution in [1.82, 2.24) is 20.0 Å². The van der Waals surface area contributed by atoms with Gasteiger partial charge in [-0.3, -0.25) is 9.59 Å². The minimum Gasteiger partial charge on any atom is -0.343 e. The van der Waals surface area contributed by atoms with Crippen LogP contribution in [0, 0.1) is 5.92 Å². The van der Waals surface area contributed by atoms with E-state index in [1.54, 1.807) is 27.1 Å². The maximum absolute atomic E-state index is 11.7. The summed E-state index contributed by atoms with van der Waals surface area (Å²) < 4.78 is 0. The Morgan fingerprint density at radius 3 is 2.67 bits per heavy atom. The van der Waals surface area contributed by atoms with Crippen LogP contribution in [0.2, 0.25) is 0 Å². The van der Waals surface area contributed by atoms with E-state index in [1.165, 1.54) is 4.90 Å². The summed E-state index contributed by atoms with van der Waals surface area (Å²) in [5.74, 6) is 0.416. The molecule has 2 rings (SSSR count). The molecule has 0 aromatic carbocycles. The SMILES string of the molecule is CC(=O)N1CCC[C@@H](Cc2ccc(C(=O)N(C)C)nn2)C1. The molecule has 1 aliphatic heterocycles. The zero-order chi connectivity index (χ0) is 15.4. The van der Waals surface area contributed by atoms with Crippen LogP contribution in [0.5, 0.6) is 0 Å². The number of amides is 2. The minimum atomic E-state index is -0.144. The number of likely N-dealkylation sites (tertiary alicyclic amines) is 1. The topological polar surface area (TPSA) is 66.4 Å². The van der Waals surface area contributed by atoms with Crippen LogP contribution in [0.15, 0.2) is 12.1 Å². The molecule has 1 fully saturated rings. The maximum Gasteiger partial charge on any atom is 0.273 e. The molecule has 1 aromatic heterocycles. The Kier molecular flexibility index (Phi) is 4.88. The van der Waals surface area contributed by atoms with Crippen LogP contribution in [0.3, 0.4) is 0 Å². The highest BCUT2D eigenvalue weighted by molar-refractivity contribution is 5.91. The molecule has 0 unspecified atom stereocenters. The second-order valence-electron chi connectivity index (χ2n) is 5.79. The summed E-state index contributed by atoms with van der Waals surface area (Å²) >= 11 is 0. The monoisotopic (exact) mass is 290 g/mol. The van der Waals surface area contributed by atoms with E-state index in [9.17, 15) is 9.59 Å². The van der Waals surface area contributed by atoms with Gasteiger partial charge in [-0.05, 0) is 37.3 Å². The van der Waals surface area contributed by atoms with E-state index in [1.807, 2.05) is 11.0 Å². The van der Waals surface area contributed by atoms with Gasteiger partial charge in [0, 0.05) is 34.1 Å². The molecule has 0 bridgehead atoms. The average molecular weight is 290 g/mol. The van der Waals surface area contributed by atoms with Crippen LogP contribution in [-0.2, 0) is 11.2 Å². The normalized spacial score (nSPS) is 18.4. The lowest BCUT2D eigenvalue weighted by Gasteiger charge is -2.31. The molecule has 0 N–H and O–H groups in total. The molecule has 0 spiro atoms. The van der Waals surface area contributed by atoms with Crippen molar-refractivity contribution >= 4 is 11.8 Å². The largest absolute Gasteiger partial charge is 0.343 e. The van der Waals surface area contributed by atoms with Crippen molar-refractivity contribution < 1.29 is 9.59 Å². The second-order valence-corrected chi connectivity index (χ2v) is 5.79.